The second-order valence-electron chi connectivity index (χ2n) is 13.7. The molecule has 0 bridgehead atoms. The predicted octanol–water partition coefficient (Wildman–Crippen LogP) is 1.44. The van der Waals surface area contributed by atoms with Gasteiger partial charge in [-0.3, -0.25) is 24.0 Å². The van der Waals surface area contributed by atoms with Crippen molar-refractivity contribution in [1.29, 1.82) is 0 Å². The molecule has 14 heteroatoms. The number of ether oxygens (including phenoxy) is 1. The van der Waals surface area contributed by atoms with E-state index >= 15 is 0 Å². The Morgan fingerprint density at radius 1 is 0.957 bits per heavy atom. The molecule has 1 aromatic carbocycles. The number of carbonyl (C=O) groups is 6. The van der Waals surface area contributed by atoms with Crippen molar-refractivity contribution in [3.8, 4) is 0 Å². The van der Waals surface area contributed by atoms with Crippen molar-refractivity contribution in [3.63, 3.8) is 0 Å². The molecule has 0 saturated heterocycles. The number of aryl methyl sites for hydroxylation is 1. The summed E-state index contributed by atoms with van der Waals surface area (Å²) in [6.07, 6.45) is -0.0436. The van der Waals surface area contributed by atoms with Gasteiger partial charge in [-0.15, -0.1) is 0 Å². The maximum Gasteiger partial charge on any atom is 0.408 e. The first-order chi connectivity index (χ1) is 21.9. The minimum atomic E-state index is -1.53. The van der Waals surface area contributed by atoms with Gasteiger partial charge >= 0.3 is 6.09 Å². The van der Waals surface area contributed by atoms with Crippen LogP contribution in [0.4, 0.5) is 4.79 Å². The molecule has 1 heterocycles. The number of carbonyl (C=O) groups excluding carboxylic acids is 6. The monoisotopic (exact) mass is 655 g/mol. The molecule has 0 spiro atoms. The fourth-order valence-corrected chi connectivity index (χ4v) is 5.71. The molecule has 1 aliphatic carbocycles. The van der Waals surface area contributed by atoms with Crippen LogP contribution in [0.15, 0.2) is 24.3 Å². The molecule has 2 aromatic rings. The Morgan fingerprint density at radius 3 is 2.19 bits per heavy atom. The van der Waals surface area contributed by atoms with Crippen molar-refractivity contribution in [2.75, 3.05) is 0 Å². The third kappa shape index (κ3) is 9.23. The summed E-state index contributed by atoms with van der Waals surface area (Å²) in [7, 11) is 0. The van der Waals surface area contributed by atoms with Crippen molar-refractivity contribution in [1.82, 2.24) is 26.3 Å². The summed E-state index contributed by atoms with van der Waals surface area (Å²) in [5.41, 5.74) is 10.9. The van der Waals surface area contributed by atoms with Crippen LogP contribution in [0, 0.1) is 11.8 Å². The fourth-order valence-electron chi connectivity index (χ4n) is 5.71. The number of aromatic nitrogens is 1. The van der Waals surface area contributed by atoms with Crippen LogP contribution in [0.5, 0.6) is 0 Å². The lowest BCUT2D eigenvalue weighted by Crippen LogP contribution is -2.67. The number of para-hydroxylation sites is 1. The van der Waals surface area contributed by atoms with E-state index in [1.165, 1.54) is 0 Å². The molecule has 5 atom stereocenters. The van der Waals surface area contributed by atoms with Crippen LogP contribution in [-0.4, -0.2) is 69.9 Å². The second-order valence-corrected chi connectivity index (χ2v) is 13.7. The summed E-state index contributed by atoms with van der Waals surface area (Å²) in [6.45, 7) is 12.2. The molecule has 6 amide bonds. The van der Waals surface area contributed by atoms with Gasteiger partial charge in [-0.2, -0.15) is 0 Å². The third-order valence-electron chi connectivity index (χ3n) is 8.45. The number of amides is 6. The molecule has 1 aromatic heterocycles. The summed E-state index contributed by atoms with van der Waals surface area (Å²) >= 11 is 0. The van der Waals surface area contributed by atoms with E-state index < -0.39 is 77.2 Å². The quantitative estimate of drug-likeness (QED) is 0.168. The molecule has 3 rings (SSSR count). The lowest BCUT2D eigenvalue weighted by Gasteiger charge is -2.39. The Balaban J connectivity index is 2.00. The summed E-state index contributed by atoms with van der Waals surface area (Å²) in [6, 6.07) is 4.08. The summed E-state index contributed by atoms with van der Waals surface area (Å²) in [5, 5.41) is 11.8. The van der Waals surface area contributed by atoms with Crippen LogP contribution in [0.25, 0.3) is 10.9 Å². The third-order valence-corrected chi connectivity index (χ3v) is 8.45. The van der Waals surface area contributed by atoms with Gasteiger partial charge in [0.25, 0.3) is 0 Å². The van der Waals surface area contributed by atoms with Gasteiger partial charge in [0, 0.05) is 23.0 Å². The number of aromatic amines is 1. The van der Waals surface area contributed by atoms with Gasteiger partial charge in [-0.05, 0) is 57.1 Å². The Kier molecular flexibility index (Phi) is 11.7. The minimum absolute atomic E-state index is 0.0988. The molecule has 0 saturated carbocycles. The topological polar surface area (TPSA) is 228 Å². The highest BCUT2D eigenvalue weighted by atomic mass is 16.6. The van der Waals surface area contributed by atoms with E-state index in [1.807, 2.05) is 38.1 Å². The summed E-state index contributed by atoms with van der Waals surface area (Å²) in [5.74, 6) is -4.53. The van der Waals surface area contributed by atoms with Crippen molar-refractivity contribution >= 4 is 46.5 Å². The number of H-pyrrole nitrogens is 1. The highest BCUT2D eigenvalue weighted by Gasteiger charge is 2.47. The first-order valence-electron chi connectivity index (χ1n) is 16.0. The average molecular weight is 656 g/mol. The fraction of sp³-hybridized carbons (Fsp3) is 0.576. The number of hydrogen-bond donors (Lipinski definition) is 7. The Bertz CT molecular complexity index is 1510. The highest BCUT2D eigenvalue weighted by Crippen LogP contribution is 2.35. The number of benzene rings is 1. The molecule has 0 radical (unpaired) electrons. The van der Waals surface area contributed by atoms with Gasteiger partial charge in [0.2, 0.25) is 29.5 Å². The van der Waals surface area contributed by atoms with Crippen LogP contribution in [-0.2, 0) is 41.6 Å². The van der Waals surface area contributed by atoms with E-state index in [-0.39, 0.29) is 18.8 Å². The first kappa shape index (κ1) is 36.8. The minimum Gasteiger partial charge on any atom is -0.444 e. The van der Waals surface area contributed by atoms with E-state index in [2.05, 4.69) is 26.3 Å². The normalized spacial score (nSPS) is 18.6. The van der Waals surface area contributed by atoms with Gasteiger partial charge in [-0.1, -0.05) is 52.3 Å². The average Bonchev–Trinajstić information content (AvgIpc) is 3.33. The van der Waals surface area contributed by atoms with E-state index in [0.29, 0.717) is 12.8 Å². The van der Waals surface area contributed by atoms with Gasteiger partial charge in [0.05, 0.1) is 6.42 Å². The van der Waals surface area contributed by atoms with Gasteiger partial charge in [0.1, 0.15) is 29.3 Å². The van der Waals surface area contributed by atoms with Crippen LogP contribution in [0.3, 0.4) is 0 Å². The van der Waals surface area contributed by atoms with Gasteiger partial charge in [-0.25, -0.2) is 4.79 Å². The van der Waals surface area contributed by atoms with Crippen molar-refractivity contribution < 1.29 is 33.5 Å². The van der Waals surface area contributed by atoms with E-state index in [9.17, 15) is 28.8 Å². The molecule has 258 valence electrons. The maximum atomic E-state index is 14.4. The predicted molar refractivity (Wildman–Crippen MR) is 176 cm³/mol. The molecule has 1 aliphatic rings. The zero-order valence-electron chi connectivity index (χ0n) is 28.2. The number of alkyl carbamates (subject to hydrolysis) is 1. The highest BCUT2D eigenvalue weighted by molar-refractivity contribution is 5.99. The molecular formula is C33H49N7O7. The lowest BCUT2D eigenvalue weighted by atomic mass is 9.78. The van der Waals surface area contributed by atoms with Crippen LogP contribution in [0.1, 0.15) is 79.0 Å². The number of hydrogen-bond acceptors (Lipinski definition) is 7. The number of rotatable bonds is 13. The Labute approximate surface area is 274 Å². The standard InChI is InChI=1S/C33H49N7O7/c1-8-18(4)26(39-31(46)47-32(5,6)7)29(44)40-33(14-13-22-20(16-33)19-11-9-10-12-21(19)36-22)30(45)38-25(17(2)3)28(43)37-23(27(35)42)15-24(34)41/h9-12,17-18,23,25-26,36H,8,13-16H2,1-7H3,(H2,34,41)(H2,35,42)(H,37,43)(H,38,45)(H,39,46)(H,40,44)/t18-,23-,25-,26-,33+/m0/s1. The zero-order chi connectivity index (χ0) is 35.3. The van der Waals surface area contributed by atoms with Crippen LogP contribution >= 0.6 is 0 Å². The summed E-state index contributed by atoms with van der Waals surface area (Å²) in [4.78, 5) is 81.5. The van der Waals surface area contributed by atoms with Crippen molar-refractivity contribution in [2.45, 2.75) is 110 Å². The van der Waals surface area contributed by atoms with E-state index in [1.54, 1.807) is 34.6 Å². The largest absolute Gasteiger partial charge is 0.444 e. The Morgan fingerprint density at radius 2 is 1.62 bits per heavy atom. The number of nitrogens with two attached hydrogens (primary N) is 2. The smallest absolute Gasteiger partial charge is 0.408 e. The zero-order valence-corrected chi connectivity index (χ0v) is 28.2. The first-order valence-corrected chi connectivity index (χ1v) is 16.0. The number of fused-ring (bicyclic) bond motifs is 3. The molecule has 0 aliphatic heterocycles. The van der Waals surface area contributed by atoms with Crippen LogP contribution < -0.4 is 32.7 Å². The lowest BCUT2D eigenvalue weighted by molar-refractivity contribution is -0.138. The van der Waals surface area contributed by atoms with Crippen molar-refractivity contribution in [3.05, 3.63) is 35.5 Å². The molecule has 9 N–H and O–H groups in total. The molecular weight excluding hydrogens is 606 g/mol. The maximum absolute atomic E-state index is 14.4. The molecule has 0 unspecified atom stereocenters. The summed E-state index contributed by atoms with van der Waals surface area (Å²) < 4.78 is 5.42. The van der Waals surface area contributed by atoms with Gasteiger partial charge in [0.15, 0.2) is 0 Å². The Hall–Kier alpha value is -4.62. The SMILES string of the molecule is CC[C@H](C)[C@H](NC(=O)OC(C)(C)C)C(=O)N[C@]1(C(=O)N[C@H](C(=O)N[C@@H](CC(N)=O)C(N)=O)C(C)C)CCc2[nH]c3ccccc3c2C1. The number of nitrogens with one attached hydrogen (secondary N) is 5. The van der Waals surface area contributed by atoms with Gasteiger partial charge < -0.3 is 42.5 Å². The molecule has 14 nitrogen and oxygen atoms in total. The molecule has 0 fully saturated rings. The van der Waals surface area contributed by atoms with E-state index in [0.717, 1.165) is 22.2 Å². The van der Waals surface area contributed by atoms with Crippen LogP contribution in [0.2, 0.25) is 0 Å². The molecule has 47 heavy (non-hydrogen) atoms. The van der Waals surface area contributed by atoms with E-state index in [4.69, 9.17) is 16.2 Å². The second kappa shape index (κ2) is 14.9. The number of primary amides is 2. The van der Waals surface area contributed by atoms with Crippen molar-refractivity contribution in [2.24, 2.45) is 23.3 Å².